The van der Waals surface area contributed by atoms with E-state index in [1.165, 1.54) is 13.2 Å². The minimum atomic E-state index is -0.412. The Labute approximate surface area is 112 Å². The van der Waals surface area contributed by atoms with E-state index in [1.807, 2.05) is 4.90 Å². The van der Waals surface area contributed by atoms with Gasteiger partial charge in [0.1, 0.15) is 11.4 Å². The summed E-state index contributed by atoms with van der Waals surface area (Å²) in [4.78, 5) is 12.5. The van der Waals surface area contributed by atoms with Crippen LogP contribution in [0.3, 0.4) is 0 Å². The quantitative estimate of drug-likeness (QED) is 0.578. The Balaban J connectivity index is 3.12. The van der Waals surface area contributed by atoms with Crippen LogP contribution in [0.2, 0.25) is 0 Å². The normalized spacial score (nSPS) is 10.3. The number of hydrogen-bond acceptors (Lipinski definition) is 5. The number of nitro benzene ring substituents is 1. The van der Waals surface area contributed by atoms with Gasteiger partial charge in [0.2, 0.25) is 0 Å². The molecule has 0 unspecified atom stereocenters. The molecule has 0 bridgehead atoms. The molecular formula is C13H20N2O4. The second-order valence-electron chi connectivity index (χ2n) is 4.18. The van der Waals surface area contributed by atoms with Gasteiger partial charge in [-0.05, 0) is 12.5 Å². The highest BCUT2D eigenvalue weighted by atomic mass is 16.6. The molecule has 0 spiro atoms. The Morgan fingerprint density at radius 2 is 2.16 bits per heavy atom. The average Bonchev–Trinajstić information content (AvgIpc) is 2.42. The van der Waals surface area contributed by atoms with Crippen LogP contribution in [0.25, 0.3) is 0 Å². The van der Waals surface area contributed by atoms with Gasteiger partial charge in [-0.2, -0.15) is 0 Å². The van der Waals surface area contributed by atoms with Crippen LogP contribution in [-0.4, -0.2) is 36.8 Å². The summed E-state index contributed by atoms with van der Waals surface area (Å²) < 4.78 is 5.11. The topological polar surface area (TPSA) is 75.8 Å². The summed E-state index contributed by atoms with van der Waals surface area (Å²) in [5, 5.41) is 20.2. The summed E-state index contributed by atoms with van der Waals surface area (Å²) in [5.74, 6) is 0.569. The number of ether oxygens (including phenoxy) is 1. The lowest BCUT2D eigenvalue weighted by Gasteiger charge is -2.23. The van der Waals surface area contributed by atoms with Gasteiger partial charge in [0, 0.05) is 25.2 Å². The smallest absolute Gasteiger partial charge is 0.292 e. The predicted molar refractivity (Wildman–Crippen MR) is 73.9 cm³/mol. The molecule has 106 valence electrons. The Morgan fingerprint density at radius 3 is 2.68 bits per heavy atom. The molecule has 0 aliphatic carbocycles. The maximum atomic E-state index is 11.1. The van der Waals surface area contributed by atoms with Crippen molar-refractivity contribution in [2.24, 2.45) is 0 Å². The summed E-state index contributed by atoms with van der Waals surface area (Å²) in [6.45, 7) is 3.05. The van der Waals surface area contributed by atoms with Gasteiger partial charge >= 0.3 is 0 Å². The zero-order chi connectivity index (χ0) is 14.3. The number of aliphatic hydroxyl groups excluding tert-OH is 1. The van der Waals surface area contributed by atoms with Crippen molar-refractivity contribution in [1.29, 1.82) is 0 Å². The Hall–Kier alpha value is -1.82. The summed E-state index contributed by atoms with van der Waals surface area (Å²) in [7, 11) is 1.52. The first-order valence-corrected chi connectivity index (χ1v) is 6.32. The molecule has 0 atom stereocenters. The van der Waals surface area contributed by atoms with Crippen molar-refractivity contribution >= 4 is 11.4 Å². The first-order valence-electron chi connectivity index (χ1n) is 6.32. The highest BCUT2D eigenvalue weighted by Crippen LogP contribution is 2.32. The molecule has 1 N–H and O–H groups in total. The highest BCUT2D eigenvalue weighted by molar-refractivity contribution is 5.65. The molecule has 1 rings (SSSR count). The van der Waals surface area contributed by atoms with E-state index >= 15 is 0 Å². The van der Waals surface area contributed by atoms with Gasteiger partial charge in [-0.1, -0.05) is 13.3 Å². The summed E-state index contributed by atoms with van der Waals surface area (Å²) in [6.07, 6.45) is 1.90. The van der Waals surface area contributed by atoms with Crippen molar-refractivity contribution in [3.63, 3.8) is 0 Å². The number of aliphatic hydroxyl groups is 1. The van der Waals surface area contributed by atoms with E-state index in [4.69, 9.17) is 9.84 Å². The van der Waals surface area contributed by atoms with Crippen LogP contribution < -0.4 is 9.64 Å². The van der Waals surface area contributed by atoms with Crippen molar-refractivity contribution in [3.8, 4) is 5.75 Å². The third-order valence-electron chi connectivity index (χ3n) is 2.87. The standard InChI is InChI=1S/C13H20N2O4/c1-3-4-7-14(8-9-16)13-10-11(19-2)5-6-12(13)15(17)18/h5-6,10,16H,3-4,7-9H2,1-2H3. The van der Waals surface area contributed by atoms with E-state index in [9.17, 15) is 10.1 Å². The first kappa shape index (κ1) is 15.2. The molecule has 0 saturated carbocycles. The van der Waals surface area contributed by atoms with Crippen molar-refractivity contribution in [2.45, 2.75) is 19.8 Å². The van der Waals surface area contributed by atoms with Crippen LogP contribution >= 0.6 is 0 Å². The van der Waals surface area contributed by atoms with Gasteiger partial charge in [-0.25, -0.2) is 0 Å². The van der Waals surface area contributed by atoms with Crippen LogP contribution in [0.4, 0.5) is 11.4 Å². The lowest BCUT2D eigenvalue weighted by atomic mass is 10.2. The predicted octanol–water partition coefficient (Wildman–Crippen LogP) is 2.20. The van der Waals surface area contributed by atoms with Crippen LogP contribution in [0, 0.1) is 10.1 Å². The molecule has 0 radical (unpaired) electrons. The summed E-state index contributed by atoms with van der Waals surface area (Å²) >= 11 is 0. The minimum absolute atomic E-state index is 0.0327. The molecule has 1 aromatic rings. The minimum Gasteiger partial charge on any atom is -0.497 e. The fourth-order valence-corrected chi connectivity index (χ4v) is 1.86. The molecule has 19 heavy (non-hydrogen) atoms. The average molecular weight is 268 g/mol. The molecule has 0 aliphatic heterocycles. The highest BCUT2D eigenvalue weighted by Gasteiger charge is 2.19. The summed E-state index contributed by atoms with van der Waals surface area (Å²) in [5.41, 5.74) is 0.525. The van der Waals surface area contributed by atoms with Gasteiger partial charge in [-0.15, -0.1) is 0 Å². The molecule has 0 aliphatic rings. The number of unbranched alkanes of at least 4 members (excludes halogenated alkanes) is 1. The zero-order valence-electron chi connectivity index (χ0n) is 11.3. The van der Waals surface area contributed by atoms with Crippen LogP contribution in [-0.2, 0) is 0 Å². The largest absolute Gasteiger partial charge is 0.497 e. The number of nitrogens with zero attached hydrogens (tertiary/aromatic N) is 2. The van der Waals surface area contributed by atoms with Crippen molar-refractivity contribution in [3.05, 3.63) is 28.3 Å². The molecule has 0 aromatic heterocycles. The summed E-state index contributed by atoms with van der Waals surface area (Å²) in [6, 6.07) is 4.65. The fourth-order valence-electron chi connectivity index (χ4n) is 1.86. The van der Waals surface area contributed by atoms with Crippen LogP contribution in [0.1, 0.15) is 19.8 Å². The molecule has 0 saturated heterocycles. The SMILES string of the molecule is CCCCN(CCO)c1cc(OC)ccc1[N+](=O)[O-]. The number of nitro groups is 1. The zero-order valence-corrected chi connectivity index (χ0v) is 11.3. The number of rotatable bonds is 8. The molecule has 0 fully saturated rings. The maximum Gasteiger partial charge on any atom is 0.292 e. The Morgan fingerprint density at radius 1 is 1.42 bits per heavy atom. The number of benzene rings is 1. The second kappa shape index (κ2) is 7.58. The lowest BCUT2D eigenvalue weighted by Crippen LogP contribution is -2.28. The van der Waals surface area contributed by atoms with E-state index in [-0.39, 0.29) is 12.3 Å². The van der Waals surface area contributed by atoms with Crippen molar-refractivity contribution < 1.29 is 14.8 Å². The molecule has 1 aromatic carbocycles. The van der Waals surface area contributed by atoms with Gasteiger partial charge < -0.3 is 14.7 Å². The van der Waals surface area contributed by atoms with Gasteiger partial charge in [0.25, 0.3) is 5.69 Å². The van der Waals surface area contributed by atoms with E-state index in [2.05, 4.69) is 6.92 Å². The number of methoxy groups -OCH3 is 1. The second-order valence-corrected chi connectivity index (χ2v) is 4.18. The van der Waals surface area contributed by atoms with E-state index < -0.39 is 4.92 Å². The molecule has 6 nitrogen and oxygen atoms in total. The molecular weight excluding hydrogens is 248 g/mol. The van der Waals surface area contributed by atoms with Crippen LogP contribution in [0.5, 0.6) is 5.75 Å². The van der Waals surface area contributed by atoms with Crippen molar-refractivity contribution in [1.82, 2.24) is 0 Å². The molecule has 0 heterocycles. The Bertz CT molecular complexity index is 423. The van der Waals surface area contributed by atoms with Gasteiger partial charge in [0.05, 0.1) is 18.6 Å². The van der Waals surface area contributed by atoms with Gasteiger partial charge in [0.15, 0.2) is 0 Å². The van der Waals surface area contributed by atoms with E-state index in [1.54, 1.807) is 12.1 Å². The van der Waals surface area contributed by atoms with E-state index in [0.717, 1.165) is 12.8 Å². The molecule has 0 amide bonds. The third-order valence-corrected chi connectivity index (χ3v) is 2.87. The van der Waals surface area contributed by atoms with Crippen molar-refractivity contribution in [2.75, 3.05) is 31.7 Å². The maximum absolute atomic E-state index is 11.1. The monoisotopic (exact) mass is 268 g/mol. The van der Waals surface area contributed by atoms with Gasteiger partial charge in [-0.3, -0.25) is 10.1 Å². The third kappa shape index (κ3) is 4.10. The first-order chi connectivity index (χ1) is 9.13. The lowest BCUT2D eigenvalue weighted by molar-refractivity contribution is -0.384. The number of hydrogen-bond donors (Lipinski definition) is 1. The van der Waals surface area contributed by atoms with E-state index in [0.29, 0.717) is 24.5 Å². The fraction of sp³-hybridized carbons (Fsp3) is 0.538. The Kier molecular flexibility index (Phi) is 6.08. The molecule has 6 heteroatoms. The number of anilines is 1. The van der Waals surface area contributed by atoms with Crippen LogP contribution in [0.15, 0.2) is 18.2 Å².